The lowest BCUT2D eigenvalue weighted by atomic mass is 9.35. The lowest BCUT2D eigenvalue weighted by Crippen LogP contribution is -2.58. The molecule has 2 aliphatic rings. The zero-order valence-corrected chi connectivity index (χ0v) is 55.3. The summed E-state index contributed by atoms with van der Waals surface area (Å²) in [6.45, 7) is 13.4. The van der Waals surface area contributed by atoms with E-state index in [1.807, 2.05) is 35.7 Å². The number of para-hydroxylation sites is 6. The second kappa shape index (κ2) is 20.1. The van der Waals surface area contributed by atoms with Gasteiger partial charge in [-0.3, -0.25) is 0 Å². The largest absolute Gasteiger partial charge is 0.457 e. The standard InChI is InChI=1S/C87H59BN4O2S2/c1-86(2,3)52-40-42-66-61(44-52)62-45-53(87(4,5)6)41-43-67(62)90(66)54-46-70-76-71(47-54)96-85-78(88(76)77-82-74(59-31-16-21-38-68(59)93-82)72-57-29-14-19-36-64(57)91(80(72)84(77)95-70)63-35-18-13-28-51(63)48-89)83-75(60-32-17-22-39-69(60)94-83)73-58-30-15-20-37-65(58)92(81(73)85)79-55(49-24-9-7-10-25-49)33-23-34-56(79)50-26-11-8-12-27-50/h7-47H,1-6H3. The highest BCUT2D eigenvalue weighted by atomic mass is 32.2. The summed E-state index contributed by atoms with van der Waals surface area (Å²) in [5.41, 5.74) is 23.9. The first-order chi connectivity index (χ1) is 46.9. The maximum Gasteiger partial charge on any atom is 0.257 e. The van der Waals surface area contributed by atoms with E-state index in [1.54, 1.807) is 0 Å². The van der Waals surface area contributed by atoms with Crippen molar-refractivity contribution in [1.29, 1.82) is 5.26 Å². The zero-order valence-electron chi connectivity index (χ0n) is 53.7. The number of hydrogen-bond acceptors (Lipinski definition) is 5. The van der Waals surface area contributed by atoms with Crippen molar-refractivity contribution in [1.82, 2.24) is 13.7 Å². The first-order valence-electron chi connectivity index (χ1n) is 33.1. The summed E-state index contributed by atoms with van der Waals surface area (Å²) in [5.74, 6) is 0. The summed E-state index contributed by atoms with van der Waals surface area (Å²) in [6, 6.07) is 93.7. The number of fused-ring (bicyclic) bond motifs is 25. The number of nitriles is 1. The molecule has 0 N–H and O–H groups in total. The molecule has 0 bridgehead atoms. The monoisotopic (exact) mass is 1270 g/mol. The van der Waals surface area contributed by atoms with Crippen LogP contribution in [0.2, 0.25) is 0 Å². The van der Waals surface area contributed by atoms with Crippen molar-refractivity contribution in [2.75, 3.05) is 0 Å². The number of furan rings is 2. The van der Waals surface area contributed by atoms with Crippen molar-refractivity contribution >= 4 is 156 Å². The average molecular weight is 1270 g/mol. The highest BCUT2D eigenvalue weighted by Crippen LogP contribution is 2.55. The Morgan fingerprint density at radius 3 is 1.33 bits per heavy atom. The van der Waals surface area contributed by atoms with Crippen LogP contribution in [0.15, 0.2) is 277 Å². The molecule has 20 rings (SSSR count). The Bertz CT molecular complexity index is 6370. The molecule has 6 nitrogen and oxygen atoms in total. The van der Waals surface area contributed by atoms with Gasteiger partial charge in [0.15, 0.2) is 0 Å². The molecule has 0 saturated carbocycles. The Kier molecular flexibility index (Phi) is 11.6. The van der Waals surface area contributed by atoms with E-state index in [4.69, 9.17) is 8.83 Å². The summed E-state index contributed by atoms with van der Waals surface area (Å²) in [7, 11) is 0. The molecular weight excluding hydrogens is 1210 g/mol. The van der Waals surface area contributed by atoms with Gasteiger partial charge in [0.1, 0.15) is 28.4 Å². The third-order valence-electron chi connectivity index (χ3n) is 20.7. The van der Waals surface area contributed by atoms with E-state index < -0.39 is 6.71 Å². The van der Waals surface area contributed by atoms with Crippen LogP contribution in [-0.4, -0.2) is 20.4 Å². The minimum Gasteiger partial charge on any atom is -0.457 e. The second-order valence-corrected chi connectivity index (χ2v) is 30.2. The maximum atomic E-state index is 11.2. The molecule has 5 aromatic heterocycles. The molecule has 7 heterocycles. The normalized spacial score (nSPS) is 13.2. The molecule has 0 aliphatic carbocycles. The van der Waals surface area contributed by atoms with Gasteiger partial charge in [-0.2, -0.15) is 5.26 Å². The Morgan fingerprint density at radius 2 is 0.823 bits per heavy atom. The average Bonchev–Trinajstić information content (AvgIpc) is 1.44. The van der Waals surface area contributed by atoms with E-state index in [0.717, 1.165) is 163 Å². The van der Waals surface area contributed by atoms with Crippen molar-refractivity contribution in [2.45, 2.75) is 72.0 Å². The number of nitrogens with zero attached hydrogens (tertiary/aromatic N) is 4. The molecule has 0 amide bonds. The van der Waals surface area contributed by atoms with Crippen LogP contribution in [0.1, 0.15) is 58.2 Å². The molecule has 9 heteroatoms. The number of aromatic nitrogens is 3. The molecular formula is C87H59BN4O2S2. The minimum absolute atomic E-state index is 0.0708. The van der Waals surface area contributed by atoms with Crippen LogP contribution in [0.4, 0.5) is 0 Å². The molecule has 0 spiro atoms. The van der Waals surface area contributed by atoms with Crippen LogP contribution in [0, 0.1) is 11.3 Å². The summed E-state index contributed by atoms with van der Waals surface area (Å²) < 4.78 is 22.9. The third kappa shape index (κ3) is 7.68. The topological polar surface area (TPSA) is 64.9 Å². The van der Waals surface area contributed by atoms with Crippen LogP contribution < -0.4 is 16.4 Å². The van der Waals surface area contributed by atoms with Gasteiger partial charge in [0.25, 0.3) is 6.71 Å². The maximum absolute atomic E-state index is 11.2. The van der Waals surface area contributed by atoms with Crippen LogP contribution in [-0.2, 0) is 10.8 Å². The van der Waals surface area contributed by atoms with Gasteiger partial charge in [-0.1, -0.05) is 241 Å². The molecule has 454 valence electrons. The van der Waals surface area contributed by atoms with Gasteiger partial charge >= 0.3 is 0 Å². The SMILES string of the molecule is CC(C)(C)c1ccc2c(c1)c1cc(C(C)(C)C)ccc1n2-c1cc2c3c(c1)Sc1c(c4oc5ccccc5c4c4c5ccccc5n(-c5c(-c6ccccc6)cccc5-c5ccccc5)c14)B3c1c(c3c(c4ccccc4n3-c3ccccc3C#N)c3c1oc1ccccc13)S2. The Hall–Kier alpha value is -10.9. The van der Waals surface area contributed by atoms with Gasteiger partial charge in [0.05, 0.1) is 50.0 Å². The van der Waals surface area contributed by atoms with Crippen molar-refractivity contribution in [3.63, 3.8) is 0 Å². The highest BCUT2D eigenvalue weighted by Gasteiger charge is 2.47. The fourth-order valence-corrected chi connectivity index (χ4v) is 19.1. The lowest BCUT2D eigenvalue weighted by Gasteiger charge is -2.34. The summed E-state index contributed by atoms with van der Waals surface area (Å²) in [4.78, 5) is 4.52. The van der Waals surface area contributed by atoms with Crippen LogP contribution >= 0.6 is 23.5 Å². The molecule has 0 saturated heterocycles. The molecule has 0 atom stereocenters. The fourth-order valence-electron chi connectivity index (χ4n) is 16.4. The quantitative estimate of drug-likeness (QED) is 0.161. The Balaban J connectivity index is 1.01. The third-order valence-corrected chi connectivity index (χ3v) is 23.0. The summed E-state index contributed by atoms with van der Waals surface area (Å²) in [6.07, 6.45) is 0. The van der Waals surface area contributed by atoms with Gasteiger partial charge in [0.2, 0.25) is 0 Å². The predicted octanol–water partition coefficient (Wildman–Crippen LogP) is 22.0. The van der Waals surface area contributed by atoms with Gasteiger partial charge in [-0.15, -0.1) is 0 Å². The fraction of sp³-hybridized carbons (Fsp3) is 0.0920. The first kappa shape index (κ1) is 55.6. The van der Waals surface area contributed by atoms with Crippen molar-refractivity contribution in [2.24, 2.45) is 0 Å². The highest BCUT2D eigenvalue weighted by molar-refractivity contribution is 8.01. The molecule has 13 aromatic carbocycles. The van der Waals surface area contributed by atoms with Gasteiger partial charge in [0, 0.05) is 90.3 Å². The number of benzene rings is 13. The lowest BCUT2D eigenvalue weighted by molar-refractivity contribution is 0.590. The summed E-state index contributed by atoms with van der Waals surface area (Å²) >= 11 is 3.72. The van der Waals surface area contributed by atoms with Crippen molar-refractivity contribution in [3.05, 3.63) is 265 Å². The molecule has 0 fully saturated rings. The first-order valence-corrected chi connectivity index (χ1v) is 34.7. The van der Waals surface area contributed by atoms with Crippen molar-refractivity contribution in [3.8, 4) is 45.4 Å². The Labute approximate surface area is 562 Å². The van der Waals surface area contributed by atoms with Crippen LogP contribution in [0.5, 0.6) is 0 Å². The van der Waals surface area contributed by atoms with Gasteiger partial charge < -0.3 is 22.5 Å². The number of hydrogen-bond donors (Lipinski definition) is 0. The minimum atomic E-state index is -0.444. The molecule has 18 aromatic rings. The smallest absolute Gasteiger partial charge is 0.257 e. The van der Waals surface area contributed by atoms with Crippen LogP contribution in [0.25, 0.3) is 149 Å². The molecule has 0 unspecified atom stereocenters. The molecule has 0 radical (unpaired) electrons. The van der Waals surface area contributed by atoms with E-state index in [0.29, 0.717) is 5.56 Å². The molecule has 96 heavy (non-hydrogen) atoms. The van der Waals surface area contributed by atoms with E-state index in [2.05, 4.69) is 298 Å². The van der Waals surface area contributed by atoms with E-state index >= 15 is 0 Å². The predicted molar refractivity (Wildman–Crippen MR) is 403 cm³/mol. The van der Waals surface area contributed by atoms with E-state index in [1.165, 1.54) is 32.3 Å². The van der Waals surface area contributed by atoms with Crippen molar-refractivity contribution < 1.29 is 8.83 Å². The van der Waals surface area contributed by atoms with Crippen LogP contribution in [0.3, 0.4) is 0 Å². The van der Waals surface area contributed by atoms with Gasteiger partial charge in [-0.25, -0.2) is 0 Å². The van der Waals surface area contributed by atoms with Gasteiger partial charge in [-0.05, 0) is 122 Å². The number of rotatable bonds is 5. The summed E-state index contributed by atoms with van der Waals surface area (Å²) in [5, 5.41) is 22.4. The molecule has 2 aliphatic heterocycles. The Morgan fingerprint density at radius 1 is 0.385 bits per heavy atom. The second-order valence-electron chi connectivity index (χ2n) is 28.1. The van der Waals surface area contributed by atoms with E-state index in [-0.39, 0.29) is 10.8 Å². The zero-order chi connectivity index (χ0) is 64.2. The van der Waals surface area contributed by atoms with E-state index in [9.17, 15) is 5.26 Å².